The van der Waals surface area contributed by atoms with E-state index in [1.807, 2.05) is 0 Å². The summed E-state index contributed by atoms with van der Waals surface area (Å²) in [4.78, 5) is 12.5. The highest BCUT2D eigenvalue weighted by atomic mass is 19.1. The maximum Gasteiger partial charge on any atom is 0.270 e. The molecule has 0 fully saturated rings. The summed E-state index contributed by atoms with van der Waals surface area (Å²) in [6, 6.07) is 13.2. The summed E-state index contributed by atoms with van der Waals surface area (Å²) in [5.41, 5.74) is 1.93. The van der Waals surface area contributed by atoms with Gasteiger partial charge in [-0.3, -0.25) is 9.48 Å². The number of amides is 1. The zero-order chi connectivity index (χ0) is 20.8. The smallest absolute Gasteiger partial charge is 0.270 e. The van der Waals surface area contributed by atoms with Crippen molar-refractivity contribution in [1.82, 2.24) is 15.1 Å². The van der Waals surface area contributed by atoms with Crippen LogP contribution in [0.1, 0.15) is 16.1 Å². The minimum absolute atomic E-state index is 0.0795. The van der Waals surface area contributed by atoms with Crippen molar-refractivity contribution < 1.29 is 18.7 Å². The van der Waals surface area contributed by atoms with E-state index in [0.29, 0.717) is 28.5 Å². The zero-order valence-electron chi connectivity index (χ0n) is 16.3. The van der Waals surface area contributed by atoms with Gasteiger partial charge in [0.25, 0.3) is 5.91 Å². The number of methoxy groups -OCH3 is 2. The molecule has 29 heavy (non-hydrogen) atoms. The Kier molecular flexibility index (Phi) is 6.15. The lowest BCUT2D eigenvalue weighted by molar-refractivity contribution is 0.0949. The highest BCUT2D eigenvalue weighted by molar-refractivity contribution is 5.94. The first kappa shape index (κ1) is 20.0. The van der Waals surface area contributed by atoms with Crippen LogP contribution in [0.2, 0.25) is 0 Å². The Morgan fingerprint density at radius 2 is 1.97 bits per heavy atom. The van der Waals surface area contributed by atoms with Crippen molar-refractivity contribution in [2.24, 2.45) is 7.05 Å². The first-order chi connectivity index (χ1) is 14.0. The summed E-state index contributed by atoms with van der Waals surface area (Å²) in [7, 11) is 4.82. The van der Waals surface area contributed by atoms with Gasteiger partial charge in [0.15, 0.2) is 0 Å². The van der Waals surface area contributed by atoms with Crippen molar-refractivity contribution in [3.63, 3.8) is 0 Å². The summed E-state index contributed by atoms with van der Waals surface area (Å²) in [6.07, 6.45) is 0. The molecule has 0 aliphatic carbocycles. The average Bonchev–Trinajstić information content (AvgIpc) is 3.13. The highest BCUT2D eigenvalue weighted by Gasteiger charge is 2.17. The number of ether oxygens (including phenoxy) is 2. The number of rotatable bonds is 5. The Morgan fingerprint density at radius 3 is 2.69 bits per heavy atom. The van der Waals surface area contributed by atoms with Crippen molar-refractivity contribution in [3.05, 3.63) is 65.6 Å². The Bertz CT molecular complexity index is 1100. The van der Waals surface area contributed by atoms with Crippen LogP contribution in [0, 0.1) is 17.7 Å². The van der Waals surface area contributed by atoms with Crippen LogP contribution >= 0.6 is 0 Å². The van der Waals surface area contributed by atoms with Crippen LogP contribution in [0.4, 0.5) is 4.39 Å². The molecule has 0 unspecified atom stereocenters. The minimum Gasteiger partial charge on any atom is -0.497 e. The third kappa shape index (κ3) is 4.55. The van der Waals surface area contributed by atoms with Crippen LogP contribution in [0.5, 0.6) is 11.5 Å². The van der Waals surface area contributed by atoms with E-state index in [-0.39, 0.29) is 18.0 Å². The zero-order valence-corrected chi connectivity index (χ0v) is 16.3. The van der Waals surface area contributed by atoms with Crippen molar-refractivity contribution >= 4 is 5.91 Å². The largest absolute Gasteiger partial charge is 0.497 e. The van der Waals surface area contributed by atoms with Gasteiger partial charge in [-0.1, -0.05) is 24.0 Å². The normalized spacial score (nSPS) is 10.1. The number of nitrogens with zero attached hydrogens (tertiary/aromatic N) is 2. The third-order valence-corrected chi connectivity index (χ3v) is 4.23. The second-order valence-electron chi connectivity index (χ2n) is 6.07. The molecule has 3 aromatic rings. The van der Waals surface area contributed by atoms with E-state index in [1.54, 1.807) is 63.7 Å². The van der Waals surface area contributed by atoms with Crippen molar-refractivity contribution in [2.75, 3.05) is 20.8 Å². The van der Waals surface area contributed by atoms with Crippen molar-refractivity contribution in [1.29, 1.82) is 0 Å². The van der Waals surface area contributed by atoms with Gasteiger partial charge in [0.05, 0.1) is 32.0 Å². The van der Waals surface area contributed by atoms with Gasteiger partial charge in [-0.15, -0.1) is 0 Å². The van der Waals surface area contributed by atoms with Crippen LogP contribution in [-0.4, -0.2) is 36.5 Å². The van der Waals surface area contributed by atoms with E-state index in [9.17, 15) is 9.18 Å². The highest BCUT2D eigenvalue weighted by Crippen LogP contribution is 2.32. The fraction of sp³-hybridized carbons (Fsp3) is 0.182. The second-order valence-corrected chi connectivity index (χ2v) is 6.07. The fourth-order valence-corrected chi connectivity index (χ4v) is 2.74. The number of hydrogen-bond donors (Lipinski definition) is 1. The van der Waals surface area contributed by atoms with E-state index < -0.39 is 5.82 Å². The molecule has 7 heteroatoms. The summed E-state index contributed by atoms with van der Waals surface area (Å²) in [5, 5.41) is 7.10. The fourth-order valence-electron chi connectivity index (χ4n) is 2.74. The van der Waals surface area contributed by atoms with E-state index >= 15 is 0 Å². The first-order valence-electron chi connectivity index (χ1n) is 8.81. The number of aryl methyl sites for hydroxylation is 1. The molecule has 1 N–H and O–H groups in total. The molecule has 6 nitrogen and oxygen atoms in total. The predicted octanol–water partition coefficient (Wildman–Crippen LogP) is 3.02. The van der Waals surface area contributed by atoms with E-state index in [4.69, 9.17) is 9.47 Å². The molecule has 0 saturated carbocycles. The standard InChI is InChI=1S/C22H20FN3O3/c1-26-20(22(27)24-12-6-8-15-7-4-5-9-18(15)23)14-19(25-26)17-13-16(28-2)10-11-21(17)29-3/h4-5,7,9-11,13-14H,12H2,1-3H3,(H,24,27). The molecule has 2 aromatic carbocycles. The number of carbonyl (C=O) groups excluding carboxylic acids is 1. The Labute approximate surface area is 168 Å². The summed E-state index contributed by atoms with van der Waals surface area (Å²) in [5.74, 6) is 5.99. The lowest BCUT2D eigenvalue weighted by Crippen LogP contribution is -2.25. The van der Waals surface area contributed by atoms with Crippen LogP contribution in [0.25, 0.3) is 11.3 Å². The Hall–Kier alpha value is -3.79. The molecule has 0 aliphatic rings. The molecule has 0 saturated heterocycles. The number of benzene rings is 2. The SMILES string of the molecule is COc1ccc(OC)c(-c2cc(C(=O)NCC#Cc3ccccc3F)n(C)n2)c1. The van der Waals surface area contributed by atoms with Crippen molar-refractivity contribution in [2.45, 2.75) is 0 Å². The number of aromatic nitrogens is 2. The van der Waals surface area contributed by atoms with Gasteiger partial charge in [0.2, 0.25) is 0 Å². The van der Waals surface area contributed by atoms with Gasteiger partial charge >= 0.3 is 0 Å². The topological polar surface area (TPSA) is 65.4 Å². The molecular formula is C22H20FN3O3. The molecule has 1 amide bonds. The van der Waals surface area contributed by atoms with Gasteiger partial charge in [-0.2, -0.15) is 5.10 Å². The number of hydrogen-bond acceptors (Lipinski definition) is 4. The maximum absolute atomic E-state index is 13.6. The molecule has 1 aromatic heterocycles. The van der Waals surface area contributed by atoms with Crippen molar-refractivity contribution in [3.8, 4) is 34.6 Å². The number of halogens is 1. The molecule has 0 atom stereocenters. The van der Waals surface area contributed by atoms with Gasteiger partial charge in [-0.25, -0.2) is 4.39 Å². The molecule has 0 radical (unpaired) electrons. The van der Waals surface area contributed by atoms with E-state index in [0.717, 1.165) is 0 Å². The Balaban J connectivity index is 1.75. The van der Waals surface area contributed by atoms with Crippen LogP contribution < -0.4 is 14.8 Å². The minimum atomic E-state index is -0.394. The van der Waals surface area contributed by atoms with Gasteiger partial charge < -0.3 is 14.8 Å². The predicted molar refractivity (Wildman–Crippen MR) is 107 cm³/mol. The first-order valence-corrected chi connectivity index (χ1v) is 8.81. The lowest BCUT2D eigenvalue weighted by atomic mass is 10.1. The van der Waals surface area contributed by atoms with E-state index in [2.05, 4.69) is 22.3 Å². The molecular weight excluding hydrogens is 373 g/mol. The summed E-state index contributed by atoms with van der Waals surface area (Å²) in [6.45, 7) is 0.0795. The second kappa shape index (κ2) is 8.93. The Morgan fingerprint density at radius 1 is 1.17 bits per heavy atom. The van der Waals surface area contributed by atoms with Gasteiger partial charge in [-0.05, 0) is 36.4 Å². The van der Waals surface area contributed by atoms with Gasteiger partial charge in [0.1, 0.15) is 23.0 Å². The number of nitrogens with one attached hydrogen (secondary N) is 1. The average molecular weight is 393 g/mol. The molecule has 0 aliphatic heterocycles. The summed E-state index contributed by atoms with van der Waals surface area (Å²) >= 11 is 0. The van der Waals surface area contributed by atoms with Crippen LogP contribution in [-0.2, 0) is 7.05 Å². The van der Waals surface area contributed by atoms with E-state index in [1.165, 1.54) is 10.7 Å². The monoisotopic (exact) mass is 393 g/mol. The summed E-state index contributed by atoms with van der Waals surface area (Å²) < 4.78 is 25.7. The van der Waals surface area contributed by atoms with Crippen LogP contribution in [0.3, 0.4) is 0 Å². The quantitative estimate of drug-likeness (QED) is 0.677. The molecule has 0 spiro atoms. The number of carbonyl (C=O) groups is 1. The third-order valence-electron chi connectivity index (χ3n) is 4.23. The molecule has 0 bridgehead atoms. The molecule has 3 rings (SSSR count). The lowest BCUT2D eigenvalue weighted by Gasteiger charge is -2.08. The van der Waals surface area contributed by atoms with Gasteiger partial charge in [0, 0.05) is 12.6 Å². The molecule has 148 valence electrons. The van der Waals surface area contributed by atoms with Crippen LogP contribution in [0.15, 0.2) is 48.5 Å². The maximum atomic E-state index is 13.6. The molecule has 1 heterocycles.